The minimum atomic E-state index is 0.658. The van der Waals surface area contributed by atoms with Gasteiger partial charge >= 0.3 is 0 Å². The van der Waals surface area contributed by atoms with E-state index in [2.05, 4.69) is 51.9 Å². The zero-order chi connectivity index (χ0) is 12.6. The fourth-order valence-electron chi connectivity index (χ4n) is 2.10. The monoisotopic (exact) mass is 228 g/mol. The Balaban J connectivity index is 3.94. The molecule has 3 unspecified atom stereocenters. The van der Waals surface area contributed by atoms with Crippen molar-refractivity contribution in [3.8, 4) is 0 Å². The predicted molar refractivity (Wildman–Crippen MR) is 73.9 cm³/mol. The first kappa shape index (κ1) is 15.9. The van der Waals surface area contributed by atoms with Crippen LogP contribution in [0.3, 0.4) is 0 Å². The van der Waals surface area contributed by atoms with Crippen LogP contribution in [0.5, 0.6) is 0 Å². The van der Waals surface area contributed by atoms with E-state index in [1.807, 2.05) is 0 Å². The quantitative estimate of drug-likeness (QED) is 0.610. The van der Waals surface area contributed by atoms with Crippen molar-refractivity contribution in [2.45, 2.75) is 66.0 Å². The minimum Gasteiger partial charge on any atom is -0.316 e. The third kappa shape index (κ3) is 5.86. The van der Waals surface area contributed by atoms with E-state index >= 15 is 0 Å². The number of nitrogens with zero attached hydrogens (tertiary/aromatic N) is 1. The highest BCUT2D eigenvalue weighted by atomic mass is 15.2. The van der Waals surface area contributed by atoms with E-state index in [9.17, 15) is 0 Å². The molecule has 0 saturated heterocycles. The van der Waals surface area contributed by atoms with E-state index in [-0.39, 0.29) is 0 Å². The molecule has 0 radical (unpaired) electrons. The zero-order valence-electron chi connectivity index (χ0n) is 12.2. The lowest BCUT2D eigenvalue weighted by Crippen LogP contribution is -2.43. The third-order valence-electron chi connectivity index (χ3n) is 3.76. The smallest absolute Gasteiger partial charge is 0.0104 e. The van der Waals surface area contributed by atoms with E-state index in [0.29, 0.717) is 12.1 Å². The molecule has 0 aliphatic rings. The van der Waals surface area contributed by atoms with Gasteiger partial charge in [0, 0.05) is 12.1 Å². The van der Waals surface area contributed by atoms with Gasteiger partial charge in [-0.05, 0) is 52.7 Å². The minimum absolute atomic E-state index is 0.658. The molecule has 0 fully saturated rings. The van der Waals surface area contributed by atoms with Crippen LogP contribution in [-0.2, 0) is 0 Å². The second-order valence-corrected chi connectivity index (χ2v) is 5.23. The summed E-state index contributed by atoms with van der Waals surface area (Å²) >= 11 is 0. The van der Waals surface area contributed by atoms with Crippen LogP contribution in [0.1, 0.15) is 53.9 Å². The van der Waals surface area contributed by atoms with E-state index in [1.165, 1.54) is 19.3 Å². The summed E-state index contributed by atoms with van der Waals surface area (Å²) in [7, 11) is 2.27. The van der Waals surface area contributed by atoms with Gasteiger partial charge in [-0.15, -0.1) is 0 Å². The Bertz CT molecular complexity index is 159. The fourth-order valence-corrected chi connectivity index (χ4v) is 2.10. The molecule has 0 spiro atoms. The van der Waals surface area contributed by atoms with Gasteiger partial charge in [-0.3, -0.25) is 0 Å². The standard InChI is InChI=1S/C14H32N2/c1-7-9-13(4)16(6)14(5)12(3)11-15-10-8-2/h12-15H,7-11H2,1-6H3. The Labute approximate surface area is 103 Å². The summed E-state index contributed by atoms with van der Waals surface area (Å²) in [5.41, 5.74) is 0. The Morgan fingerprint density at radius 3 is 2.19 bits per heavy atom. The van der Waals surface area contributed by atoms with E-state index in [0.717, 1.165) is 19.0 Å². The van der Waals surface area contributed by atoms with Crippen molar-refractivity contribution in [2.75, 3.05) is 20.1 Å². The Kier molecular flexibility index (Phi) is 8.96. The molecular weight excluding hydrogens is 196 g/mol. The molecule has 16 heavy (non-hydrogen) atoms. The lowest BCUT2D eigenvalue weighted by atomic mass is 10.00. The summed E-state index contributed by atoms with van der Waals surface area (Å²) in [6, 6.07) is 1.36. The molecule has 0 amide bonds. The Hall–Kier alpha value is -0.0800. The topological polar surface area (TPSA) is 15.3 Å². The van der Waals surface area contributed by atoms with Crippen molar-refractivity contribution in [2.24, 2.45) is 5.92 Å². The molecule has 1 N–H and O–H groups in total. The molecule has 0 aliphatic heterocycles. The van der Waals surface area contributed by atoms with Crippen molar-refractivity contribution >= 4 is 0 Å². The Morgan fingerprint density at radius 1 is 1.06 bits per heavy atom. The summed E-state index contributed by atoms with van der Waals surface area (Å²) in [6.07, 6.45) is 3.81. The molecule has 0 heterocycles. The molecule has 0 aliphatic carbocycles. The number of rotatable bonds is 9. The lowest BCUT2D eigenvalue weighted by Gasteiger charge is -2.34. The highest BCUT2D eigenvalue weighted by molar-refractivity contribution is 4.75. The van der Waals surface area contributed by atoms with Crippen molar-refractivity contribution in [1.29, 1.82) is 0 Å². The molecule has 0 aromatic carbocycles. The number of hydrogen-bond acceptors (Lipinski definition) is 2. The summed E-state index contributed by atoms with van der Waals surface area (Å²) in [5.74, 6) is 0.718. The van der Waals surface area contributed by atoms with E-state index in [1.54, 1.807) is 0 Å². The highest BCUT2D eigenvalue weighted by Crippen LogP contribution is 2.14. The molecule has 0 aromatic rings. The van der Waals surface area contributed by atoms with Crippen LogP contribution in [0.15, 0.2) is 0 Å². The van der Waals surface area contributed by atoms with Crippen LogP contribution in [0.4, 0.5) is 0 Å². The van der Waals surface area contributed by atoms with Crippen molar-refractivity contribution in [3.63, 3.8) is 0 Å². The molecule has 98 valence electrons. The van der Waals surface area contributed by atoms with Crippen molar-refractivity contribution in [3.05, 3.63) is 0 Å². The number of nitrogens with one attached hydrogen (secondary N) is 1. The van der Waals surface area contributed by atoms with E-state index < -0.39 is 0 Å². The fraction of sp³-hybridized carbons (Fsp3) is 1.00. The van der Waals surface area contributed by atoms with Gasteiger partial charge < -0.3 is 10.2 Å². The van der Waals surface area contributed by atoms with Crippen LogP contribution in [-0.4, -0.2) is 37.1 Å². The maximum atomic E-state index is 3.51. The van der Waals surface area contributed by atoms with E-state index in [4.69, 9.17) is 0 Å². The van der Waals surface area contributed by atoms with Gasteiger partial charge in [0.2, 0.25) is 0 Å². The second kappa shape index (κ2) is 9.00. The predicted octanol–water partition coefficient (Wildman–Crippen LogP) is 3.13. The van der Waals surface area contributed by atoms with Gasteiger partial charge in [0.15, 0.2) is 0 Å². The average molecular weight is 228 g/mol. The van der Waals surface area contributed by atoms with Crippen LogP contribution < -0.4 is 5.32 Å². The highest BCUT2D eigenvalue weighted by Gasteiger charge is 2.20. The van der Waals surface area contributed by atoms with Crippen LogP contribution in [0, 0.1) is 5.92 Å². The third-order valence-corrected chi connectivity index (χ3v) is 3.76. The first-order valence-electron chi connectivity index (χ1n) is 6.97. The van der Waals surface area contributed by atoms with Crippen LogP contribution in [0.25, 0.3) is 0 Å². The first-order chi connectivity index (χ1) is 7.54. The Morgan fingerprint density at radius 2 is 1.69 bits per heavy atom. The van der Waals surface area contributed by atoms with Crippen LogP contribution in [0.2, 0.25) is 0 Å². The SMILES string of the molecule is CCCNCC(C)C(C)N(C)C(C)CCC. The van der Waals surface area contributed by atoms with Gasteiger partial charge in [0.1, 0.15) is 0 Å². The first-order valence-corrected chi connectivity index (χ1v) is 6.97. The van der Waals surface area contributed by atoms with Gasteiger partial charge in [0.05, 0.1) is 0 Å². The summed E-state index contributed by atoms with van der Waals surface area (Å²) < 4.78 is 0. The molecule has 0 aromatic heterocycles. The molecule has 0 rings (SSSR count). The zero-order valence-corrected chi connectivity index (χ0v) is 12.2. The lowest BCUT2D eigenvalue weighted by molar-refractivity contribution is 0.143. The largest absolute Gasteiger partial charge is 0.316 e. The summed E-state index contributed by atoms with van der Waals surface area (Å²) in [6.45, 7) is 13.8. The normalized spacial score (nSPS) is 17.4. The van der Waals surface area contributed by atoms with Gasteiger partial charge in [-0.1, -0.05) is 27.2 Å². The van der Waals surface area contributed by atoms with Gasteiger partial charge in [-0.25, -0.2) is 0 Å². The summed E-state index contributed by atoms with van der Waals surface area (Å²) in [4.78, 5) is 2.53. The van der Waals surface area contributed by atoms with Crippen molar-refractivity contribution in [1.82, 2.24) is 10.2 Å². The van der Waals surface area contributed by atoms with Crippen molar-refractivity contribution < 1.29 is 0 Å². The molecular formula is C14H32N2. The van der Waals surface area contributed by atoms with Gasteiger partial charge in [-0.2, -0.15) is 0 Å². The molecule has 3 atom stereocenters. The molecule has 0 saturated carbocycles. The maximum Gasteiger partial charge on any atom is 0.0104 e. The van der Waals surface area contributed by atoms with Gasteiger partial charge in [0.25, 0.3) is 0 Å². The second-order valence-electron chi connectivity index (χ2n) is 5.23. The van der Waals surface area contributed by atoms with Crippen LogP contribution >= 0.6 is 0 Å². The maximum absolute atomic E-state index is 3.51. The average Bonchev–Trinajstić information content (AvgIpc) is 2.27. The summed E-state index contributed by atoms with van der Waals surface area (Å²) in [5, 5.41) is 3.51. The molecule has 2 heteroatoms. The molecule has 2 nitrogen and oxygen atoms in total. The molecule has 0 bridgehead atoms. The number of hydrogen-bond donors (Lipinski definition) is 1.